The van der Waals surface area contributed by atoms with Crippen LogP contribution < -0.4 is 5.73 Å². The Morgan fingerprint density at radius 2 is 1.69 bits per heavy atom. The number of amides is 1. The molecule has 0 aliphatic heterocycles. The molecule has 0 saturated carbocycles. The zero-order chi connectivity index (χ0) is 19.3. The van der Waals surface area contributed by atoms with Gasteiger partial charge in [-0.15, -0.1) is 0 Å². The summed E-state index contributed by atoms with van der Waals surface area (Å²) in [5, 5.41) is 9.06. The molecule has 3 rings (SSSR count). The summed E-state index contributed by atoms with van der Waals surface area (Å²) in [5.74, 6) is -1.51. The van der Waals surface area contributed by atoms with Crippen LogP contribution in [0.15, 0.2) is 30.5 Å². The van der Waals surface area contributed by atoms with Gasteiger partial charge in [0.1, 0.15) is 0 Å². The first-order valence-corrected chi connectivity index (χ1v) is 8.72. The van der Waals surface area contributed by atoms with Crippen molar-refractivity contribution in [1.82, 2.24) is 4.98 Å². The fourth-order valence-corrected chi connectivity index (χ4v) is 3.90. The number of primary amides is 1. The highest BCUT2D eigenvalue weighted by molar-refractivity contribution is 6.02. The summed E-state index contributed by atoms with van der Waals surface area (Å²) in [5.41, 5.74) is 9.53. The van der Waals surface area contributed by atoms with Crippen LogP contribution in [0.5, 0.6) is 0 Å². The van der Waals surface area contributed by atoms with E-state index < -0.39 is 11.9 Å². The highest BCUT2D eigenvalue weighted by atomic mass is 16.4. The lowest BCUT2D eigenvalue weighted by Crippen LogP contribution is -2.36. The van der Waals surface area contributed by atoms with Crippen molar-refractivity contribution in [2.45, 2.75) is 51.4 Å². The SMILES string of the molecule is CC1(C)CCC(C)(C)c2c1ccc(-c1ccc(C(=O)O)cn1)c2C(N)=O. The fourth-order valence-electron chi connectivity index (χ4n) is 3.90. The van der Waals surface area contributed by atoms with Gasteiger partial charge in [-0.25, -0.2) is 4.79 Å². The minimum atomic E-state index is -1.03. The number of nitrogens with zero attached hydrogens (tertiary/aromatic N) is 1. The first kappa shape index (κ1) is 18.1. The van der Waals surface area contributed by atoms with Crippen molar-refractivity contribution < 1.29 is 14.7 Å². The smallest absolute Gasteiger partial charge is 0.337 e. The number of pyridine rings is 1. The molecule has 0 unspecified atom stereocenters. The zero-order valence-electron chi connectivity index (χ0n) is 15.6. The van der Waals surface area contributed by atoms with Crippen molar-refractivity contribution in [2.75, 3.05) is 0 Å². The summed E-state index contributed by atoms with van der Waals surface area (Å²) in [6.45, 7) is 8.65. The third kappa shape index (κ3) is 2.87. The highest BCUT2D eigenvalue weighted by Gasteiger charge is 2.40. The van der Waals surface area contributed by atoms with Crippen LogP contribution in [0, 0.1) is 0 Å². The Labute approximate surface area is 153 Å². The summed E-state index contributed by atoms with van der Waals surface area (Å²) in [6, 6.07) is 7.05. The fraction of sp³-hybridized carbons (Fsp3) is 0.381. The lowest BCUT2D eigenvalue weighted by molar-refractivity contribution is 0.0696. The Hall–Kier alpha value is -2.69. The summed E-state index contributed by atoms with van der Waals surface area (Å²) >= 11 is 0. The molecule has 136 valence electrons. The van der Waals surface area contributed by atoms with Crippen LogP contribution in [0.4, 0.5) is 0 Å². The van der Waals surface area contributed by atoms with Gasteiger partial charge in [0.2, 0.25) is 5.91 Å². The van der Waals surface area contributed by atoms with Crippen LogP contribution in [0.1, 0.15) is 72.4 Å². The molecule has 1 aromatic heterocycles. The second kappa shape index (κ2) is 5.94. The van der Waals surface area contributed by atoms with Gasteiger partial charge in [0.15, 0.2) is 0 Å². The average Bonchev–Trinajstić information content (AvgIpc) is 2.58. The predicted molar refractivity (Wildman–Crippen MR) is 100 cm³/mol. The first-order valence-electron chi connectivity index (χ1n) is 8.72. The highest BCUT2D eigenvalue weighted by Crippen LogP contribution is 2.48. The quantitative estimate of drug-likeness (QED) is 0.876. The second-order valence-corrected chi connectivity index (χ2v) is 8.28. The first-order chi connectivity index (χ1) is 12.0. The van der Waals surface area contributed by atoms with Crippen molar-refractivity contribution in [3.63, 3.8) is 0 Å². The van der Waals surface area contributed by atoms with Crippen molar-refractivity contribution in [3.8, 4) is 11.3 Å². The van der Waals surface area contributed by atoms with Crippen LogP contribution >= 0.6 is 0 Å². The predicted octanol–water partition coefficient (Wildman–Crippen LogP) is 3.89. The third-order valence-electron chi connectivity index (χ3n) is 5.52. The standard InChI is InChI=1S/C21H24N2O3/c1-20(2)9-10-21(3,4)17-14(20)7-6-13(16(17)18(22)24)15-8-5-12(11-23-15)19(25)26/h5-8,11H,9-10H2,1-4H3,(H2,22,24)(H,25,26). The summed E-state index contributed by atoms with van der Waals surface area (Å²) in [6.07, 6.45) is 3.30. The molecule has 2 aromatic rings. The van der Waals surface area contributed by atoms with Crippen LogP contribution in [0.3, 0.4) is 0 Å². The Bertz CT molecular complexity index is 896. The van der Waals surface area contributed by atoms with E-state index in [9.17, 15) is 9.59 Å². The van der Waals surface area contributed by atoms with E-state index >= 15 is 0 Å². The van der Waals surface area contributed by atoms with E-state index in [0.29, 0.717) is 16.8 Å². The number of aromatic nitrogens is 1. The molecule has 5 heteroatoms. The van der Waals surface area contributed by atoms with Gasteiger partial charge in [-0.05, 0) is 46.9 Å². The largest absolute Gasteiger partial charge is 0.478 e. The number of nitrogens with two attached hydrogens (primary N) is 1. The maximum atomic E-state index is 12.4. The number of fused-ring (bicyclic) bond motifs is 1. The normalized spacial score (nSPS) is 17.4. The lowest BCUT2D eigenvalue weighted by atomic mass is 9.61. The molecule has 3 N–H and O–H groups in total. The van der Waals surface area contributed by atoms with E-state index in [1.807, 2.05) is 6.07 Å². The molecule has 0 bridgehead atoms. The molecule has 1 aliphatic rings. The van der Waals surface area contributed by atoms with Crippen LogP contribution in [-0.4, -0.2) is 22.0 Å². The zero-order valence-corrected chi connectivity index (χ0v) is 15.6. The number of carbonyl (C=O) groups is 2. The van der Waals surface area contributed by atoms with E-state index in [4.69, 9.17) is 10.8 Å². The number of benzene rings is 1. The molecule has 1 aromatic carbocycles. The number of carboxylic acid groups (broad SMARTS) is 1. The van der Waals surface area contributed by atoms with E-state index in [2.05, 4.69) is 38.7 Å². The molecule has 1 amide bonds. The minimum absolute atomic E-state index is 0.0336. The van der Waals surface area contributed by atoms with Gasteiger partial charge in [0, 0.05) is 11.8 Å². The molecule has 0 radical (unpaired) electrons. The Morgan fingerprint density at radius 3 is 2.23 bits per heavy atom. The van der Waals surface area contributed by atoms with Crippen molar-refractivity contribution in [2.24, 2.45) is 5.73 Å². The van der Waals surface area contributed by atoms with Crippen LogP contribution in [0.2, 0.25) is 0 Å². The maximum absolute atomic E-state index is 12.4. The number of hydrogen-bond donors (Lipinski definition) is 2. The number of carbonyl (C=O) groups excluding carboxylic acids is 1. The summed E-state index contributed by atoms with van der Waals surface area (Å²) in [7, 11) is 0. The molecule has 0 atom stereocenters. The number of aromatic carboxylic acids is 1. The number of rotatable bonds is 3. The van der Waals surface area contributed by atoms with Gasteiger partial charge in [-0.3, -0.25) is 9.78 Å². The molecular formula is C21H24N2O3. The molecule has 1 heterocycles. The van der Waals surface area contributed by atoms with Crippen LogP contribution in [0.25, 0.3) is 11.3 Å². The van der Waals surface area contributed by atoms with Gasteiger partial charge in [0.05, 0.1) is 16.8 Å². The molecule has 0 spiro atoms. The number of hydrogen-bond acceptors (Lipinski definition) is 3. The van der Waals surface area contributed by atoms with Gasteiger partial charge in [-0.1, -0.05) is 39.8 Å². The molecular weight excluding hydrogens is 328 g/mol. The molecule has 26 heavy (non-hydrogen) atoms. The molecule has 0 fully saturated rings. The van der Waals surface area contributed by atoms with Crippen LogP contribution in [-0.2, 0) is 10.8 Å². The van der Waals surface area contributed by atoms with Crippen molar-refractivity contribution >= 4 is 11.9 Å². The monoisotopic (exact) mass is 352 g/mol. The van der Waals surface area contributed by atoms with Gasteiger partial charge in [0.25, 0.3) is 0 Å². The Balaban J connectivity index is 2.29. The molecule has 5 nitrogen and oxygen atoms in total. The van der Waals surface area contributed by atoms with E-state index in [-0.39, 0.29) is 16.4 Å². The van der Waals surface area contributed by atoms with Gasteiger partial charge in [-0.2, -0.15) is 0 Å². The Morgan fingerprint density at radius 1 is 1.04 bits per heavy atom. The average molecular weight is 352 g/mol. The lowest BCUT2D eigenvalue weighted by Gasteiger charge is -2.43. The number of carboxylic acids is 1. The van der Waals surface area contributed by atoms with Crippen molar-refractivity contribution in [3.05, 3.63) is 52.7 Å². The van der Waals surface area contributed by atoms with E-state index in [1.54, 1.807) is 6.07 Å². The Kier molecular flexibility index (Phi) is 4.14. The van der Waals surface area contributed by atoms with E-state index in [0.717, 1.165) is 24.0 Å². The van der Waals surface area contributed by atoms with Gasteiger partial charge >= 0.3 is 5.97 Å². The second-order valence-electron chi connectivity index (χ2n) is 8.28. The molecule has 1 aliphatic carbocycles. The van der Waals surface area contributed by atoms with E-state index in [1.165, 1.54) is 12.3 Å². The summed E-state index contributed by atoms with van der Waals surface area (Å²) < 4.78 is 0. The maximum Gasteiger partial charge on any atom is 0.337 e. The summed E-state index contributed by atoms with van der Waals surface area (Å²) in [4.78, 5) is 27.8. The van der Waals surface area contributed by atoms with Gasteiger partial charge < -0.3 is 10.8 Å². The third-order valence-corrected chi connectivity index (χ3v) is 5.52. The molecule has 0 saturated heterocycles. The minimum Gasteiger partial charge on any atom is -0.478 e. The van der Waals surface area contributed by atoms with Crippen molar-refractivity contribution in [1.29, 1.82) is 0 Å². The topological polar surface area (TPSA) is 93.3 Å².